The molecule has 0 unspecified atom stereocenters. The highest BCUT2D eigenvalue weighted by Crippen LogP contribution is 2.06. The predicted octanol–water partition coefficient (Wildman–Crippen LogP) is 2.78. The lowest BCUT2D eigenvalue weighted by Gasteiger charge is -1.90. The Morgan fingerprint density at radius 2 is 2.11 bits per heavy atom. The standard InChI is InChI=1S/C7H10F2/c1-3-4-7(9)6(2)5-8/h3-4H,5H2,1-2H3/b4-3-,7-6+. The molecule has 0 nitrogen and oxygen atoms in total. The van der Waals surface area contributed by atoms with Crippen LogP contribution >= 0.6 is 0 Å². The first-order valence-electron chi connectivity index (χ1n) is 2.76. The molecule has 9 heavy (non-hydrogen) atoms. The van der Waals surface area contributed by atoms with Crippen LogP contribution in [-0.4, -0.2) is 6.67 Å². The maximum atomic E-state index is 12.3. The molecule has 0 heterocycles. The molecule has 0 spiro atoms. The minimum Gasteiger partial charge on any atom is -0.246 e. The van der Waals surface area contributed by atoms with Crippen molar-refractivity contribution < 1.29 is 8.78 Å². The molecule has 0 N–H and O–H groups in total. The van der Waals surface area contributed by atoms with Gasteiger partial charge >= 0.3 is 0 Å². The normalized spacial score (nSPS) is 14.2. The van der Waals surface area contributed by atoms with Crippen molar-refractivity contribution in [3.05, 3.63) is 23.6 Å². The van der Waals surface area contributed by atoms with Gasteiger partial charge in [-0.1, -0.05) is 6.08 Å². The Morgan fingerprint density at radius 1 is 1.56 bits per heavy atom. The first-order valence-corrected chi connectivity index (χ1v) is 2.76. The highest BCUT2D eigenvalue weighted by molar-refractivity contribution is 5.17. The summed E-state index contributed by atoms with van der Waals surface area (Å²) in [7, 11) is 0. The van der Waals surface area contributed by atoms with E-state index in [0.29, 0.717) is 0 Å². The molecule has 0 aromatic carbocycles. The van der Waals surface area contributed by atoms with Crippen LogP contribution < -0.4 is 0 Å². The van der Waals surface area contributed by atoms with Crippen LogP contribution in [0.5, 0.6) is 0 Å². The average Bonchev–Trinajstić information content (AvgIpc) is 1.87. The molecule has 2 heteroatoms. The molecule has 0 radical (unpaired) electrons. The van der Waals surface area contributed by atoms with Crippen LogP contribution in [0.4, 0.5) is 8.78 Å². The summed E-state index contributed by atoms with van der Waals surface area (Å²) in [5, 5.41) is 0. The van der Waals surface area contributed by atoms with Crippen LogP contribution in [0.15, 0.2) is 23.6 Å². The third-order valence-corrected chi connectivity index (χ3v) is 0.921. The first-order chi connectivity index (χ1) is 4.22. The van der Waals surface area contributed by atoms with Gasteiger partial charge in [-0.3, -0.25) is 0 Å². The van der Waals surface area contributed by atoms with Gasteiger partial charge in [-0.2, -0.15) is 0 Å². The van der Waals surface area contributed by atoms with Gasteiger partial charge in [0.25, 0.3) is 0 Å². The number of halogens is 2. The molecule has 0 aliphatic rings. The SMILES string of the molecule is C/C=C\C(F)=C(\C)CF. The average molecular weight is 132 g/mol. The Morgan fingerprint density at radius 3 is 2.44 bits per heavy atom. The second-order valence-corrected chi connectivity index (χ2v) is 1.76. The zero-order valence-electron chi connectivity index (χ0n) is 5.62. The topological polar surface area (TPSA) is 0 Å². The van der Waals surface area contributed by atoms with Crippen LogP contribution in [0.25, 0.3) is 0 Å². The van der Waals surface area contributed by atoms with Crippen molar-refractivity contribution in [2.75, 3.05) is 6.67 Å². The molecule has 0 rings (SSSR count). The van der Waals surface area contributed by atoms with Crippen molar-refractivity contribution in [2.24, 2.45) is 0 Å². The highest BCUT2D eigenvalue weighted by atomic mass is 19.1. The molecule has 0 saturated carbocycles. The van der Waals surface area contributed by atoms with E-state index < -0.39 is 12.5 Å². The fourth-order valence-corrected chi connectivity index (χ4v) is 0.352. The van der Waals surface area contributed by atoms with Crippen LogP contribution in [0.2, 0.25) is 0 Å². The molecule has 0 saturated heterocycles. The van der Waals surface area contributed by atoms with Gasteiger partial charge in [-0.05, 0) is 25.5 Å². The summed E-state index contributed by atoms with van der Waals surface area (Å²) >= 11 is 0. The molecule has 0 aromatic heterocycles. The lowest BCUT2D eigenvalue weighted by molar-refractivity contribution is 0.525. The van der Waals surface area contributed by atoms with Crippen LogP contribution in [0.1, 0.15) is 13.8 Å². The van der Waals surface area contributed by atoms with Gasteiger partial charge in [0.05, 0.1) is 0 Å². The summed E-state index contributed by atoms with van der Waals surface area (Å²) in [5.74, 6) is -0.472. The molecule has 0 amide bonds. The van der Waals surface area contributed by atoms with Crippen molar-refractivity contribution >= 4 is 0 Å². The van der Waals surface area contributed by atoms with Crippen molar-refractivity contribution in [1.82, 2.24) is 0 Å². The van der Waals surface area contributed by atoms with E-state index in [9.17, 15) is 8.78 Å². The van der Waals surface area contributed by atoms with Gasteiger partial charge in [-0.15, -0.1) is 0 Å². The lowest BCUT2D eigenvalue weighted by atomic mass is 10.3. The van der Waals surface area contributed by atoms with E-state index in [0.717, 1.165) is 0 Å². The molecule has 0 atom stereocenters. The zero-order valence-corrected chi connectivity index (χ0v) is 5.62. The van der Waals surface area contributed by atoms with E-state index in [4.69, 9.17) is 0 Å². The second kappa shape index (κ2) is 4.24. The monoisotopic (exact) mass is 132 g/mol. The van der Waals surface area contributed by atoms with Gasteiger partial charge in [0.2, 0.25) is 0 Å². The van der Waals surface area contributed by atoms with E-state index in [2.05, 4.69) is 0 Å². The van der Waals surface area contributed by atoms with Crippen LogP contribution in [0.3, 0.4) is 0 Å². The number of alkyl halides is 1. The summed E-state index contributed by atoms with van der Waals surface area (Å²) in [6.07, 6.45) is 2.78. The minimum absolute atomic E-state index is 0.146. The molecule has 0 aromatic rings. The molecule has 0 aliphatic carbocycles. The summed E-state index contributed by atoms with van der Waals surface area (Å²) in [6, 6.07) is 0. The number of rotatable bonds is 2. The summed E-state index contributed by atoms with van der Waals surface area (Å²) in [5.41, 5.74) is 0.146. The Labute approximate surface area is 53.9 Å². The zero-order chi connectivity index (χ0) is 7.28. The fraction of sp³-hybridized carbons (Fsp3) is 0.429. The molecule has 52 valence electrons. The van der Waals surface area contributed by atoms with E-state index in [-0.39, 0.29) is 5.57 Å². The van der Waals surface area contributed by atoms with E-state index >= 15 is 0 Å². The molecule has 0 bridgehead atoms. The van der Waals surface area contributed by atoms with Crippen molar-refractivity contribution in [1.29, 1.82) is 0 Å². The van der Waals surface area contributed by atoms with E-state index in [1.165, 1.54) is 19.1 Å². The third-order valence-electron chi connectivity index (χ3n) is 0.921. The van der Waals surface area contributed by atoms with E-state index in [1.54, 1.807) is 6.92 Å². The first kappa shape index (κ1) is 8.34. The van der Waals surface area contributed by atoms with Crippen molar-refractivity contribution in [3.63, 3.8) is 0 Å². The van der Waals surface area contributed by atoms with E-state index in [1.807, 2.05) is 0 Å². The van der Waals surface area contributed by atoms with Crippen molar-refractivity contribution in [2.45, 2.75) is 13.8 Å². The fourth-order valence-electron chi connectivity index (χ4n) is 0.352. The minimum atomic E-state index is -0.712. The molecular formula is C7H10F2. The van der Waals surface area contributed by atoms with Crippen LogP contribution in [0, 0.1) is 0 Å². The Hall–Kier alpha value is -0.660. The van der Waals surface area contributed by atoms with Gasteiger partial charge in [0.1, 0.15) is 12.5 Å². The lowest BCUT2D eigenvalue weighted by Crippen LogP contribution is -1.80. The van der Waals surface area contributed by atoms with Crippen LogP contribution in [-0.2, 0) is 0 Å². The molecule has 0 fully saturated rings. The Balaban J connectivity index is 4.10. The Bertz CT molecular complexity index is 134. The number of hydrogen-bond acceptors (Lipinski definition) is 0. The van der Waals surface area contributed by atoms with Crippen molar-refractivity contribution in [3.8, 4) is 0 Å². The maximum absolute atomic E-state index is 12.3. The van der Waals surface area contributed by atoms with Gasteiger partial charge < -0.3 is 0 Å². The summed E-state index contributed by atoms with van der Waals surface area (Å²) in [6.45, 7) is 2.40. The number of allylic oxidation sites excluding steroid dienone is 4. The largest absolute Gasteiger partial charge is 0.246 e. The quantitative estimate of drug-likeness (QED) is 0.507. The molecule has 0 aliphatic heterocycles. The maximum Gasteiger partial charge on any atom is 0.124 e. The summed E-state index contributed by atoms with van der Waals surface area (Å²) < 4.78 is 24.0. The van der Waals surface area contributed by atoms with Gasteiger partial charge in [0, 0.05) is 0 Å². The van der Waals surface area contributed by atoms with Gasteiger partial charge in [-0.25, -0.2) is 8.78 Å². The smallest absolute Gasteiger partial charge is 0.124 e. The number of hydrogen-bond donors (Lipinski definition) is 0. The highest BCUT2D eigenvalue weighted by Gasteiger charge is 1.93. The summed E-state index contributed by atoms with van der Waals surface area (Å²) in [4.78, 5) is 0. The van der Waals surface area contributed by atoms with Gasteiger partial charge in [0.15, 0.2) is 0 Å². The molecular weight excluding hydrogens is 122 g/mol. The predicted molar refractivity (Wildman–Crippen MR) is 34.6 cm³/mol. The third kappa shape index (κ3) is 3.01. The Kier molecular flexibility index (Phi) is 3.93. The second-order valence-electron chi connectivity index (χ2n) is 1.76.